The van der Waals surface area contributed by atoms with Crippen molar-refractivity contribution in [2.75, 3.05) is 14.2 Å². The fourth-order valence-corrected chi connectivity index (χ4v) is 2.62. The highest BCUT2D eigenvalue weighted by Crippen LogP contribution is 2.47. The molecule has 0 aliphatic heterocycles. The lowest BCUT2D eigenvalue weighted by atomic mass is 9.89. The summed E-state index contributed by atoms with van der Waals surface area (Å²) in [5, 5.41) is 9.05. The van der Waals surface area contributed by atoms with E-state index in [1.54, 1.807) is 12.1 Å². The van der Waals surface area contributed by atoms with Gasteiger partial charge in [0.15, 0.2) is 11.5 Å². The minimum Gasteiger partial charge on any atom is -0.493 e. The van der Waals surface area contributed by atoms with Crippen molar-refractivity contribution in [2.45, 2.75) is 31.9 Å². The van der Waals surface area contributed by atoms with Gasteiger partial charge in [-0.1, -0.05) is 0 Å². The molecule has 0 heterocycles. The van der Waals surface area contributed by atoms with Gasteiger partial charge in [0, 0.05) is 5.56 Å². The molecule has 5 heteroatoms. The molecule has 0 radical (unpaired) electrons. The summed E-state index contributed by atoms with van der Waals surface area (Å²) in [5.74, 6) is 0.282. The maximum atomic E-state index is 13.2. The molecule has 0 amide bonds. The Morgan fingerprint density at radius 1 is 1.40 bits per heavy atom. The SMILES string of the molecule is COc1cc(C(CC(=O)O)C2CC2)cc(CF)c1OC. The number of hydrogen-bond donors (Lipinski definition) is 1. The lowest BCUT2D eigenvalue weighted by Crippen LogP contribution is -2.09. The van der Waals surface area contributed by atoms with Crippen LogP contribution in [-0.4, -0.2) is 25.3 Å². The molecule has 1 atom stereocenters. The fourth-order valence-electron chi connectivity index (χ4n) is 2.62. The number of aliphatic carboxylic acids is 1. The molecule has 1 unspecified atom stereocenters. The summed E-state index contributed by atoms with van der Waals surface area (Å²) >= 11 is 0. The molecule has 1 aromatic carbocycles. The number of hydrogen-bond acceptors (Lipinski definition) is 3. The molecule has 1 saturated carbocycles. The van der Waals surface area contributed by atoms with E-state index in [4.69, 9.17) is 14.6 Å². The molecule has 0 bridgehead atoms. The predicted molar refractivity (Wildman–Crippen MR) is 72.1 cm³/mol. The van der Waals surface area contributed by atoms with E-state index in [0.717, 1.165) is 18.4 Å². The Morgan fingerprint density at radius 3 is 2.55 bits per heavy atom. The second kappa shape index (κ2) is 6.11. The number of carboxylic acids is 1. The fraction of sp³-hybridized carbons (Fsp3) is 0.533. The molecule has 1 aliphatic carbocycles. The Hall–Kier alpha value is -1.78. The zero-order chi connectivity index (χ0) is 14.7. The first-order chi connectivity index (χ1) is 9.60. The number of carbonyl (C=O) groups is 1. The molecule has 1 N–H and O–H groups in total. The van der Waals surface area contributed by atoms with Crippen LogP contribution in [0, 0.1) is 5.92 Å². The topological polar surface area (TPSA) is 55.8 Å². The number of carboxylic acid groups (broad SMARTS) is 1. The summed E-state index contributed by atoms with van der Waals surface area (Å²) in [6.07, 6.45) is 2.11. The number of benzene rings is 1. The quantitative estimate of drug-likeness (QED) is 0.834. The van der Waals surface area contributed by atoms with E-state index in [2.05, 4.69) is 0 Å². The average Bonchev–Trinajstić information content (AvgIpc) is 3.27. The van der Waals surface area contributed by atoms with E-state index in [1.807, 2.05) is 0 Å². The smallest absolute Gasteiger partial charge is 0.303 e. The molecular formula is C15H19FO4. The summed E-state index contributed by atoms with van der Waals surface area (Å²) in [7, 11) is 2.96. The van der Waals surface area contributed by atoms with Crippen molar-refractivity contribution in [3.63, 3.8) is 0 Å². The summed E-state index contributed by atoms with van der Waals surface area (Å²) in [6.45, 7) is -0.669. The third kappa shape index (κ3) is 3.03. The van der Waals surface area contributed by atoms with E-state index in [9.17, 15) is 9.18 Å². The van der Waals surface area contributed by atoms with Gasteiger partial charge in [-0.05, 0) is 42.4 Å². The van der Waals surface area contributed by atoms with E-state index in [0.29, 0.717) is 23.0 Å². The number of alkyl halides is 1. The molecule has 1 fully saturated rings. The first-order valence-electron chi connectivity index (χ1n) is 6.63. The van der Waals surface area contributed by atoms with Gasteiger partial charge in [-0.3, -0.25) is 4.79 Å². The zero-order valence-corrected chi connectivity index (χ0v) is 11.7. The largest absolute Gasteiger partial charge is 0.493 e. The third-order valence-electron chi connectivity index (χ3n) is 3.74. The van der Waals surface area contributed by atoms with Crippen molar-refractivity contribution in [1.82, 2.24) is 0 Å². The van der Waals surface area contributed by atoms with Gasteiger partial charge < -0.3 is 14.6 Å². The summed E-state index contributed by atoms with van der Waals surface area (Å²) in [4.78, 5) is 11.0. The van der Waals surface area contributed by atoms with Gasteiger partial charge >= 0.3 is 5.97 Å². The van der Waals surface area contributed by atoms with Gasteiger partial charge in [0.2, 0.25) is 0 Å². The van der Waals surface area contributed by atoms with Gasteiger partial charge in [-0.15, -0.1) is 0 Å². The van der Waals surface area contributed by atoms with E-state index in [1.165, 1.54) is 14.2 Å². The monoisotopic (exact) mass is 282 g/mol. The molecule has 0 saturated heterocycles. The first kappa shape index (κ1) is 14.6. The molecule has 110 valence electrons. The number of halogens is 1. The molecule has 0 spiro atoms. The van der Waals surface area contributed by atoms with E-state index < -0.39 is 12.6 Å². The molecule has 1 aromatic rings. The Labute approximate surface area is 117 Å². The van der Waals surface area contributed by atoms with Crippen LogP contribution in [0.4, 0.5) is 4.39 Å². The van der Waals surface area contributed by atoms with Crippen LogP contribution in [0.25, 0.3) is 0 Å². The van der Waals surface area contributed by atoms with Crippen molar-refractivity contribution in [2.24, 2.45) is 5.92 Å². The Morgan fingerprint density at radius 2 is 2.10 bits per heavy atom. The van der Waals surface area contributed by atoms with Gasteiger partial charge in [0.25, 0.3) is 0 Å². The molecule has 1 aliphatic rings. The second-order valence-electron chi connectivity index (χ2n) is 5.09. The minimum atomic E-state index is -0.835. The van der Waals surface area contributed by atoms with E-state index in [-0.39, 0.29) is 12.3 Å². The molecule has 0 aromatic heterocycles. The van der Waals surface area contributed by atoms with Crippen LogP contribution in [0.2, 0.25) is 0 Å². The minimum absolute atomic E-state index is 0.0614. The summed E-state index contributed by atoms with van der Waals surface area (Å²) in [5.41, 5.74) is 1.22. The summed E-state index contributed by atoms with van der Waals surface area (Å²) in [6, 6.07) is 3.47. The molecular weight excluding hydrogens is 263 g/mol. The van der Waals surface area contributed by atoms with Gasteiger partial charge in [-0.25, -0.2) is 4.39 Å². The Balaban J connectivity index is 2.41. The van der Waals surface area contributed by atoms with E-state index >= 15 is 0 Å². The van der Waals surface area contributed by atoms with Crippen molar-refractivity contribution in [3.8, 4) is 11.5 Å². The van der Waals surface area contributed by atoms with Gasteiger partial charge in [-0.2, -0.15) is 0 Å². The molecule has 20 heavy (non-hydrogen) atoms. The normalized spacial score (nSPS) is 15.8. The molecule has 4 nitrogen and oxygen atoms in total. The maximum Gasteiger partial charge on any atom is 0.303 e. The maximum absolute atomic E-state index is 13.2. The lowest BCUT2D eigenvalue weighted by Gasteiger charge is -2.19. The Bertz CT molecular complexity index is 472. The van der Waals surface area contributed by atoms with Crippen LogP contribution in [0.15, 0.2) is 12.1 Å². The average molecular weight is 282 g/mol. The van der Waals surface area contributed by atoms with Crippen LogP contribution in [0.3, 0.4) is 0 Å². The van der Waals surface area contributed by atoms with Crippen LogP contribution < -0.4 is 9.47 Å². The van der Waals surface area contributed by atoms with Gasteiger partial charge in [0.1, 0.15) is 6.67 Å². The molecule has 2 rings (SSSR count). The number of methoxy groups -OCH3 is 2. The second-order valence-corrected chi connectivity index (χ2v) is 5.09. The number of rotatable bonds is 7. The third-order valence-corrected chi connectivity index (χ3v) is 3.74. The van der Waals surface area contributed by atoms with Crippen molar-refractivity contribution in [1.29, 1.82) is 0 Å². The van der Waals surface area contributed by atoms with Crippen molar-refractivity contribution < 1.29 is 23.8 Å². The van der Waals surface area contributed by atoms with Crippen molar-refractivity contribution in [3.05, 3.63) is 23.3 Å². The first-order valence-corrected chi connectivity index (χ1v) is 6.63. The standard InChI is InChI=1S/C15H19FO4/c1-19-13-6-10(5-11(8-16)15(13)20-2)12(7-14(17)18)9-3-4-9/h5-6,9,12H,3-4,7-8H2,1-2H3,(H,17,18). The summed E-state index contributed by atoms with van der Waals surface area (Å²) < 4.78 is 23.6. The Kier molecular flexibility index (Phi) is 4.47. The zero-order valence-electron chi connectivity index (χ0n) is 11.7. The van der Waals surface area contributed by atoms with Crippen molar-refractivity contribution >= 4 is 5.97 Å². The predicted octanol–water partition coefficient (Wildman–Crippen LogP) is 3.14. The van der Waals surface area contributed by atoms with Crippen LogP contribution >= 0.6 is 0 Å². The highest BCUT2D eigenvalue weighted by molar-refractivity contribution is 5.68. The highest BCUT2D eigenvalue weighted by atomic mass is 19.1. The van der Waals surface area contributed by atoms with Crippen LogP contribution in [-0.2, 0) is 11.5 Å². The number of ether oxygens (including phenoxy) is 2. The highest BCUT2D eigenvalue weighted by Gasteiger charge is 2.34. The van der Waals surface area contributed by atoms with Crippen LogP contribution in [0.1, 0.15) is 36.3 Å². The lowest BCUT2D eigenvalue weighted by molar-refractivity contribution is -0.137. The van der Waals surface area contributed by atoms with Crippen LogP contribution in [0.5, 0.6) is 11.5 Å². The van der Waals surface area contributed by atoms with Gasteiger partial charge in [0.05, 0.1) is 20.6 Å².